The molecule has 32 heavy (non-hydrogen) atoms. The van der Waals surface area contributed by atoms with E-state index < -0.39 is 5.97 Å². The molecule has 176 valence electrons. The monoisotopic (exact) mass is 443 g/mol. The van der Waals surface area contributed by atoms with Crippen LogP contribution in [0.1, 0.15) is 61.7 Å². The quantitative estimate of drug-likeness (QED) is 0.270. The van der Waals surface area contributed by atoms with E-state index in [9.17, 15) is 4.79 Å². The SMILES string of the molecule is COCCCN=C(NCCCOC12CC3CC(CC(C3)C1)C2)Nc1ccc(C(=O)O)cc1. The van der Waals surface area contributed by atoms with Gasteiger partial charge in [0.1, 0.15) is 0 Å². The Morgan fingerprint density at radius 1 is 1.06 bits per heavy atom. The van der Waals surface area contributed by atoms with Gasteiger partial charge in [-0.3, -0.25) is 4.99 Å². The number of aliphatic imine (C=N–C) groups is 1. The Balaban J connectivity index is 1.24. The minimum absolute atomic E-state index is 0.163. The van der Waals surface area contributed by atoms with E-state index in [0.29, 0.717) is 19.1 Å². The first-order chi connectivity index (χ1) is 15.5. The molecule has 0 radical (unpaired) electrons. The largest absolute Gasteiger partial charge is 0.478 e. The van der Waals surface area contributed by atoms with Crippen molar-refractivity contribution in [3.05, 3.63) is 29.8 Å². The number of benzene rings is 1. The van der Waals surface area contributed by atoms with E-state index in [1.165, 1.54) is 38.5 Å². The number of methoxy groups -OCH3 is 1. The third-order valence-corrected chi connectivity index (χ3v) is 7.17. The molecule has 0 amide bonds. The van der Waals surface area contributed by atoms with Crippen LogP contribution in [-0.4, -0.2) is 56.0 Å². The maximum Gasteiger partial charge on any atom is 0.335 e. The molecular formula is C25H37N3O4. The molecule has 3 N–H and O–H groups in total. The van der Waals surface area contributed by atoms with E-state index in [2.05, 4.69) is 15.6 Å². The number of nitrogens with one attached hydrogen (secondary N) is 2. The molecule has 0 heterocycles. The van der Waals surface area contributed by atoms with E-state index in [4.69, 9.17) is 14.6 Å². The lowest BCUT2D eigenvalue weighted by Gasteiger charge is -2.56. The van der Waals surface area contributed by atoms with Crippen LogP contribution in [0.3, 0.4) is 0 Å². The van der Waals surface area contributed by atoms with Crippen LogP contribution in [0, 0.1) is 17.8 Å². The number of hydrogen-bond acceptors (Lipinski definition) is 4. The summed E-state index contributed by atoms with van der Waals surface area (Å²) in [5.41, 5.74) is 1.23. The van der Waals surface area contributed by atoms with Crippen molar-refractivity contribution in [2.24, 2.45) is 22.7 Å². The Morgan fingerprint density at radius 2 is 1.72 bits per heavy atom. The minimum Gasteiger partial charge on any atom is -0.478 e. The lowest BCUT2D eigenvalue weighted by atomic mass is 9.54. The highest BCUT2D eigenvalue weighted by atomic mass is 16.5. The summed E-state index contributed by atoms with van der Waals surface area (Å²) in [5.74, 6) is 2.48. The fraction of sp³-hybridized carbons (Fsp3) is 0.680. The normalized spacial score (nSPS) is 28.7. The first-order valence-electron chi connectivity index (χ1n) is 12.1. The second-order valence-corrected chi connectivity index (χ2v) is 9.81. The number of carboxylic acids is 1. The summed E-state index contributed by atoms with van der Waals surface area (Å²) in [6, 6.07) is 6.69. The number of ether oxygens (including phenoxy) is 2. The van der Waals surface area contributed by atoms with Gasteiger partial charge in [0.15, 0.2) is 5.96 Å². The number of nitrogens with zero attached hydrogens (tertiary/aromatic N) is 1. The van der Waals surface area contributed by atoms with Crippen LogP contribution >= 0.6 is 0 Å². The van der Waals surface area contributed by atoms with Crippen molar-refractivity contribution in [3.8, 4) is 0 Å². The van der Waals surface area contributed by atoms with E-state index in [0.717, 1.165) is 49.4 Å². The molecule has 1 aromatic rings. The molecule has 0 unspecified atom stereocenters. The van der Waals surface area contributed by atoms with Crippen molar-refractivity contribution in [2.75, 3.05) is 38.7 Å². The molecule has 7 heteroatoms. The lowest BCUT2D eigenvalue weighted by Crippen LogP contribution is -2.52. The Bertz CT molecular complexity index is 758. The van der Waals surface area contributed by atoms with Gasteiger partial charge >= 0.3 is 5.97 Å². The fourth-order valence-electron chi connectivity index (χ4n) is 6.15. The standard InChI is InChI=1S/C25H37N3O4/c1-31-10-2-8-26-24(28-22-6-4-21(5-7-22)23(29)30)27-9-3-11-32-25-15-18-12-19(16-25)14-20(13-18)17-25/h4-7,18-20H,2-3,8-17H2,1H3,(H,29,30)(H2,26,27,28). The summed E-state index contributed by atoms with van der Waals surface area (Å²) in [7, 11) is 1.69. The predicted molar refractivity (Wildman–Crippen MR) is 125 cm³/mol. The van der Waals surface area contributed by atoms with Crippen molar-refractivity contribution in [3.63, 3.8) is 0 Å². The van der Waals surface area contributed by atoms with Gasteiger partial charge < -0.3 is 25.2 Å². The van der Waals surface area contributed by atoms with Gasteiger partial charge in [-0.2, -0.15) is 0 Å². The highest BCUT2D eigenvalue weighted by Gasteiger charge is 2.51. The first kappa shape index (κ1) is 23.1. The van der Waals surface area contributed by atoms with E-state index in [1.54, 1.807) is 31.4 Å². The molecule has 0 saturated heterocycles. The molecular weight excluding hydrogens is 406 g/mol. The van der Waals surface area contributed by atoms with Gasteiger partial charge in [-0.25, -0.2) is 4.79 Å². The summed E-state index contributed by atoms with van der Waals surface area (Å²) in [5, 5.41) is 15.7. The highest BCUT2D eigenvalue weighted by molar-refractivity contribution is 5.94. The molecule has 7 nitrogen and oxygen atoms in total. The summed E-state index contributed by atoms with van der Waals surface area (Å²) in [4.78, 5) is 15.7. The molecule has 4 aliphatic carbocycles. The van der Waals surface area contributed by atoms with Gasteiger partial charge in [-0.05, 0) is 93.4 Å². The number of rotatable bonds is 11. The highest BCUT2D eigenvalue weighted by Crippen LogP contribution is 2.57. The van der Waals surface area contributed by atoms with E-state index in [-0.39, 0.29) is 11.2 Å². The van der Waals surface area contributed by atoms with Gasteiger partial charge in [-0.15, -0.1) is 0 Å². The van der Waals surface area contributed by atoms with Crippen LogP contribution in [0.25, 0.3) is 0 Å². The zero-order valence-corrected chi connectivity index (χ0v) is 19.1. The van der Waals surface area contributed by atoms with Gasteiger partial charge in [0.25, 0.3) is 0 Å². The maximum atomic E-state index is 11.1. The van der Waals surface area contributed by atoms with E-state index >= 15 is 0 Å². The van der Waals surface area contributed by atoms with Crippen LogP contribution in [0.2, 0.25) is 0 Å². The molecule has 5 rings (SSSR count). The number of guanidine groups is 1. The van der Waals surface area contributed by atoms with Gasteiger partial charge in [0.05, 0.1) is 11.2 Å². The van der Waals surface area contributed by atoms with Crippen molar-refractivity contribution in [2.45, 2.75) is 57.0 Å². The second kappa shape index (κ2) is 10.7. The van der Waals surface area contributed by atoms with Gasteiger partial charge in [-0.1, -0.05) is 0 Å². The van der Waals surface area contributed by atoms with E-state index in [1.807, 2.05) is 0 Å². The lowest BCUT2D eigenvalue weighted by molar-refractivity contribution is -0.162. The Labute approximate surface area is 191 Å². The second-order valence-electron chi connectivity index (χ2n) is 9.81. The first-order valence-corrected chi connectivity index (χ1v) is 12.1. The Hall–Kier alpha value is -2.12. The topological polar surface area (TPSA) is 92.2 Å². The average Bonchev–Trinajstić information content (AvgIpc) is 2.75. The molecule has 4 fully saturated rings. The Kier molecular flexibility index (Phi) is 7.68. The number of hydrogen-bond donors (Lipinski definition) is 3. The summed E-state index contributed by atoms with van der Waals surface area (Å²) >= 11 is 0. The molecule has 0 aromatic heterocycles. The van der Waals surface area contributed by atoms with Crippen molar-refractivity contribution in [1.82, 2.24) is 5.32 Å². The number of carbonyl (C=O) groups is 1. The fourth-order valence-corrected chi connectivity index (χ4v) is 6.15. The average molecular weight is 444 g/mol. The molecule has 1 aromatic carbocycles. The molecule has 4 saturated carbocycles. The molecule has 0 atom stereocenters. The van der Waals surface area contributed by atoms with Crippen LogP contribution in [0.15, 0.2) is 29.3 Å². The van der Waals surface area contributed by atoms with Crippen molar-refractivity contribution >= 4 is 17.6 Å². The Morgan fingerprint density at radius 3 is 2.31 bits per heavy atom. The third-order valence-electron chi connectivity index (χ3n) is 7.17. The zero-order chi connectivity index (χ0) is 22.4. The van der Waals surface area contributed by atoms with Crippen molar-refractivity contribution in [1.29, 1.82) is 0 Å². The summed E-state index contributed by atoms with van der Waals surface area (Å²) in [6.45, 7) is 2.88. The number of carboxylic acid groups (broad SMARTS) is 1. The van der Waals surface area contributed by atoms with Crippen LogP contribution in [-0.2, 0) is 9.47 Å². The predicted octanol–water partition coefficient (Wildman–Crippen LogP) is 4.15. The number of aromatic carboxylic acids is 1. The van der Waals surface area contributed by atoms with Gasteiger partial charge in [0.2, 0.25) is 0 Å². The van der Waals surface area contributed by atoms with Crippen molar-refractivity contribution < 1.29 is 19.4 Å². The van der Waals surface area contributed by atoms with Gasteiger partial charge in [0, 0.05) is 39.1 Å². The van der Waals surface area contributed by atoms with Crippen LogP contribution in [0.4, 0.5) is 5.69 Å². The number of anilines is 1. The summed E-state index contributed by atoms with van der Waals surface area (Å²) < 4.78 is 11.6. The molecule has 4 bridgehead atoms. The third kappa shape index (κ3) is 6.01. The van der Waals surface area contributed by atoms with Crippen LogP contribution in [0.5, 0.6) is 0 Å². The maximum absolute atomic E-state index is 11.1. The summed E-state index contributed by atoms with van der Waals surface area (Å²) in [6.07, 6.45) is 9.89. The van der Waals surface area contributed by atoms with Crippen LogP contribution < -0.4 is 10.6 Å². The smallest absolute Gasteiger partial charge is 0.335 e. The molecule has 0 spiro atoms. The minimum atomic E-state index is -0.929. The molecule has 0 aliphatic heterocycles. The zero-order valence-electron chi connectivity index (χ0n) is 19.1. The molecule has 4 aliphatic rings.